The highest BCUT2D eigenvalue weighted by Gasteiger charge is 2.23. The smallest absolute Gasteiger partial charge is 0.326 e. The fraction of sp³-hybridized carbons (Fsp3) is 0.409. The van der Waals surface area contributed by atoms with E-state index in [2.05, 4.69) is 20.6 Å². The lowest BCUT2D eigenvalue weighted by atomic mass is 9.90. The number of carboxylic acid groups (broad SMARTS) is 2. The lowest BCUT2D eigenvalue weighted by molar-refractivity contribution is -0.140. The molecule has 0 saturated carbocycles. The third kappa shape index (κ3) is 6.55. The molecular weight excluding hydrogens is 428 g/mol. The van der Waals surface area contributed by atoms with Crippen molar-refractivity contribution in [3.8, 4) is 0 Å². The molecule has 0 fully saturated rings. The lowest BCUT2D eigenvalue weighted by Gasteiger charge is -2.26. The predicted octanol–water partition coefficient (Wildman–Crippen LogP) is 1.30. The van der Waals surface area contributed by atoms with Gasteiger partial charge in [0.15, 0.2) is 0 Å². The van der Waals surface area contributed by atoms with Crippen molar-refractivity contribution in [1.29, 1.82) is 0 Å². The minimum atomic E-state index is -1.27. The zero-order valence-corrected chi connectivity index (χ0v) is 18.1. The van der Waals surface area contributed by atoms with Crippen LogP contribution < -0.4 is 22.1 Å². The number of nitrogen functional groups attached to an aromatic ring is 2. The molecule has 11 heteroatoms. The molecule has 1 amide bonds. The fourth-order valence-electron chi connectivity index (χ4n) is 3.86. The lowest BCUT2D eigenvalue weighted by Crippen LogP contribution is -2.41. The summed E-state index contributed by atoms with van der Waals surface area (Å²) in [7, 11) is 0. The zero-order valence-electron chi connectivity index (χ0n) is 18.1. The Bertz CT molecular complexity index is 1030. The largest absolute Gasteiger partial charge is 0.481 e. The van der Waals surface area contributed by atoms with E-state index in [-0.39, 0.29) is 18.8 Å². The number of nitrogens with two attached hydrogens (primary N) is 2. The molecule has 0 radical (unpaired) electrons. The number of nitrogens with zero attached hydrogens (tertiary/aromatic N) is 2. The fourth-order valence-corrected chi connectivity index (χ4v) is 3.86. The van der Waals surface area contributed by atoms with Crippen molar-refractivity contribution >= 4 is 35.4 Å². The highest BCUT2D eigenvalue weighted by atomic mass is 16.4. The molecule has 1 aromatic heterocycles. The number of hydrogen-bond acceptors (Lipinski definition) is 8. The molecule has 0 saturated heterocycles. The number of amides is 1. The van der Waals surface area contributed by atoms with Crippen LogP contribution in [0.5, 0.6) is 0 Å². The SMILES string of the molecule is Nc1nc(N)c2c(n1)NCC(CCCc1ccc(C(=O)N[C@@H](CCC(=O)O)C(=O)O)cc1)C2. The molecule has 2 atom stereocenters. The number of anilines is 3. The second-order valence-electron chi connectivity index (χ2n) is 8.13. The Morgan fingerprint density at radius 2 is 1.88 bits per heavy atom. The minimum absolute atomic E-state index is 0.160. The summed E-state index contributed by atoms with van der Waals surface area (Å²) < 4.78 is 0. The average molecular weight is 457 g/mol. The van der Waals surface area contributed by atoms with Gasteiger partial charge in [-0.2, -0.15) is 9.97 Å². The van der Waals surface area contributed by atoms with Crippen molar-refractivity contribution < 1.29 is 24.6 Å². The number of carbonyl (C=O) groups excluding carboxylic acids is 1. The van der Waals surface area contributed by atoms with E-state index < -0.39 is 23.9 Å². The Kier molecular flexibility index (Phi) is 7.65. The first-order valence-electron chi connectivity index (χ1n) is 10.7. The molecular formula is C22H28N6O5. The first-order valence-corrected chi connectivity index (χ1v) is 10.7. The number of carbonyl (C=O) groups is 3. The summed E-state index contributed by atoms with van der Waals surface area (Å²) in [6.45, 7) is 0.786. The zero-order chi connectivity index (χ0) is 24.0. The maximum absolute atomic E-state index is 12.3. The molecule has 1 unspecified atom stereocenters. The van der Waals surface area contributed by atoms with Crippen molar-refractivity contribution in [3.05, 3.63) is 41.0 Å². The first-order chi connectivity index (χ1) is 15.7. The molecule has 2 heterocycles. The van der Waals surface area contributed by atoms with Gasteiger partial charge in [0.05, 0.1) is 0 Å². The monoisotopic (exact) mass is 456 g/mol. The van der Waals surface area contributed by atoms with Gasteiger partial charge in [-0.3, -0.25) is 9.59 Å². The number of aryl methyl sites for hydroxylation is 1. The van der Waals surface area contributed by atoms with E-state index in [4.69, 9.17) is 16.6 Å². The van der Waals surface area contributed by atoms with Crippen LogP contribution in [0.15, 0.2) is 24.3 Å². The molecule has 0 aliphatic carbocycles. The summed E-state index contributed by atoms with van der Waals surface area (Å²) in [5, 5.41) is 23.5. The summed E-state index contributed by atoms with van der Waals surface area (Å²) in [6.07, 6.45) is 3.02. The summed E-state index contributed by atoms with van der Waals surface area (Å²) >= 11 is 0. The van der Waals surface area contributed by atoms with Gasteiger partial charge in [-0.15, -0.1) is 0 Å². The second kappa shape index (κ2) is 10.6. The molecule has 33 heavy (non-hydrogen) atoms. The number of aromatic nitrogens is 2. The van der Waals surface area contributed by atoms with Gasteiger partial charge in [-0.25, -0.2) is 4.79 Å². The van der Waals surface area contributed by atoms with E-state index in [1.165, 1.54) is 0 Å². The summed E-state index contributed by atoms with van der Waals surface area (Å²) in [6, 6.07) is 5.71. The Labute approximate surface area is 190 Å². The average Bonchev–Trinajstić information content (AvgIpc) is 2.77. The number of fused-ring (bicyclic) bond motifs is 1. The molecule has 3 rings (SSSR count). The number of hydrogen-bond donors (Lipinski definition) is 6. The van der Waals surface area contributed by atoms with E-state index in [1.54, 1.807) is 12.1 Å². The Hall–Kier alpha value is -3.89. The van der Waals surface area contributed by atoms with Crippen molar-refractivity contribution in [1.82, 2.24) is 15.3 Å². The van der Waals surface area contributed by atoms with Gasteiger partial charge in [0, 0.05) is 24.1 Å². The number of nitrogens with one attached hydrogen (secondary N) is 2. The predicted molar refractivity (Wildman–Crippen MR) is 122 cm³/mol. The van der Waals surface area contributed by atoms with E-state index in [0.29, 0.717) is 23.1 Å². The van der Waals surface area contributed by atoms with Crippen LogP contribution in [0.3, 0.4) is 0 Å². The van der Waals surface area contributed by atoms with Crippen LogP contribution in [0, 0.1) is 5.92 Å². The van der Waals surface area contributed by atoms with Crippen molar-refractivity contribution in [2.45, 2.75) is 44.6 Å². The van der Waals surface area contributed by atoms with Crippen molar-refractivity contribution in [2.75, 3.05) is 23.3 Å². The molecule has 0 bridgehead atoms. The van der Waals surface area contributed by atoms with E-state index in [9.17, 15) is 19.5 Å². The summed E-state index contributed by atoms with van der Waals surface area (Å²) in [5.41, 5.74) is 13.9. The number of rotatable bonds is 10. The molecule has 11 nitrogen and oxygen atoms in total. The second-order valence-corrected chi connectivity index (χ2v) is 8.13. The van der Waals surface area contributed by atoms with Crippen LogP contribution >= 0.6 is 0 Å². The molecule has 176 valence electrons. The quantitative estimate of drug-likeness (QED) is 0.303. The molecule has 2 aromatic rings. The van der Waals surface area contributed by atoms with E-state index in [1.807, 2.05) is 12.1 Å². The van der Waals surface area contributed by atoms with E-state index >= 15 is 0 Å². The van der Waals surface area contributed by atoms with Crippen LogP contribution in [0.1, 0.15) is 47.2 Å². The highest BCUT2D eigenvalue weighted by Crippen LogP contribution is 2.29. The number of benzene rings is 1. The standard InChI is InChI=1S/C22H28N6O5/c23-18-15-10-13(11-25-19(15)28-22(24)27-18)3-1-2-12-4-6-14(7-5-12)20(31)26-16(21(32)33)8-9-17(29)30/h4-7,13,16H,1-3,8-11H2,(H,26,31)(H,29,30)(H,32,33)(H5,23,24,25,27,28)/t13?,16-/m0/s1. The Morgan fingerprint density at radius 3 is 2.55 bits per heavy atom. The molecule has 8 N–H and O–H groups in total. The van der Waals surface area contributed by atoms with Crippen molar-refractivity contribution in [3.63, 3.8) is 0 Å². The Morgan fingerprint density at radius 1 is 1.15 bits per heavy atom. The summed E-state index contributed by atoms with van der Waals surface area (Å²) in [4.78, 5) is 42.5. The van der Waals surface area contributed by atoms with E-state index in [0.717, 1.165) is 43.4 Å². The third-order valence-corrected chi connectivity index (χ3v) is 5.65. The van der Waals surface area contributed by atoms with Gasteiger partial charge in [0.1, 0.15) is 17.7 Å². The maximum Gasteiger partial charge on any atom is 0.326 e. The van der Waals surface area contributed by atoms with Gasteiger partial charge in [-0.1, -0.05) is 12.1 Å². The van der Waals surface area contributed by atoms with Gasteiger partial charge in [0.25, 0.3) is 5.91 Å². The maximum atomic E-state index is 12.3. The van der Waals surface area contributed by atoms with Crippen molar-refractivity contribution in [2.24, 2.45) is 5.92 Å². The number of carboxylic acids is 2. The van der Waals surface area contributed by atoms with Gasteiger partial charge < -0.3 is 32.3 Å². The Balaban J connectivity index is 1.48. The van der Waals surface area contributed by atoms with Crippen LogP contribution in [0.25, 0.3) is 0 Å². The van der Waals surface area contributed by atoms with Gasteiger partial charge >= 0.3 is 11.9 Å². The normalized spacial score (nSPS) is 15.7. The topological polar surface area (TPSA) is 194 Å². The minimum Gasteiger partial charge on any atom is -0.481 e. The van der Waals surface area contributed by atoms with Gasteiger partial charge in [0.2, 0.25) is 5.95 Å². The van der Waals surface area contributed by atoms with Crippen LogP contribution in [0.4, 0.5) is 17.6 Å². The third-order valence-electron chi connectivity index (χ3n) is 5.65. The van der Waals surface area contributed by atoms with Crippen LogP contribution in [0.2, 0.25) is 0 Å². The summed E-state index contributed by atoms with van der Waals surface area (Å²) in [5.74, 6) is -1.25. The first kappa shape index (κ1) is 23.8. The van der Waals surface area contributed by atoms with Crippen LogP contribution in [-0.4, -0.2) is 50.6 Å². The highest BCUT2D eigenvalue weighted by molar-refractivity contribution is 5.96. The molecule has 1 aliphatic rings. The molecule has 1 aromatic carbocycles. The van der Waals surface area contributed by atoms with Gasteiger partial charge in [-0.05, 0) is 55.7 Å². The molecule has 1 aliphatic heterocycles. The van der Waals surface area contributed by atoms with Crippen LogP contribution in [-0.2, 0) is 22.4 Å². The molecule has 0 spiro atoms. The number of aliphatic carboxylic acids is 2.